The minimum atomic E-state index is -0.546. The Balaban J connectivity index is 2.26. The van der Waals surface area contributed by atoms with E-state index in [0.29, 0.717) is 21.1 Å². The predicted molar refractivity (Wildman–Crippen MR) is 89.4 cm³/mol. The monoisotopic (exact) mass is 354 g/mol. The molecule has 0 atom stereocenters. The molecule has 112 valence electrons. The van der Waals surface area contributed by atoms with Crippen molar-refractivity contribution in [1.29, 1.82) is 0 Å². The van der Waals surface area contributed by atoms with Crippen molar-refractivity contribution in [2.24, 2.45) is 0 Å². The smallest absolute Gasteiger partial charge is 0.307 e. The quantitative estimate of drug-likeness (QED) is 0.762. The molecule has 3 rings (SSSR count). The maximum atomic E-state index is 12.6. The first-order valence-corrected chi connectivity index (χ1v) is 7.46. The third-order valence-corrected chi connectivity index (χ3v) is 4.17. The van der Waals surface area contributed by atoms with E-state index in [0.717, 1.165) is 4.57 Å². The van der Waals surface area contributed by atoms with Crippen LogP contribution >= 0.6 is 34.8 Å². The van der Waals surface area contributed by atoms with Crippen LogP contribution in [0.4, 0.5) is 0 Å². The molecule has 0 fully saturated rings. The van der Waals surface area contributed by atoms with Crippen molar-refractivity contribution in [3.63, 3.8) is 0 Å². The van der Waals surface area contributed by atoms with Gasteiger partial charge >= 0.3 is 5.69 Å². The second-order valence-corrected chi connectivity index (χ2v) is 5.97. The summed E-state index contributed by atoms with van der Waals surface area (Å²) in [7, 11) is 0. The van der Waals surface area contributed by atoms with Crippen LogP contribution in [0.1, 0.15) is 5.56 Å². The van der Waals surface area contributed by atoms with Crippen LogP contribution in [0.3, 0.4) is 0 Å². The zero-order valence-corrected chi connectivity index (χ0v) is 13.3. The lowest BCUT2D eigenvalue weighted by molar-refractivity contribution is 0.712. The van der Waals surface area contributed by atoms with E-state index in [1.165, 1.54) is 12.1 Å². The van der Waals surface area contributed by atoms with Gasteiger partial charge < -0.3 is 4.98 Å². The van der Waals surface area contributed by atoms with Gasteiger partial charge in [-0.3, -0.25) is 9.36 Å². The molecule has 0 saturated heterocycles. The molecule has 22 heavy (non-hydrogen) atoms. The van der Waals surface area contributed by atoms with Crippen LogP contribution < -0.4 is 11.2 Å². The van der Waals surface area contributed by atoms with Gasteiger partial charge in [-0.25, -0.2) is 4.79 Å². The molecule has 2 aromatic carbocycles. The van der Waals surface area contributed by atoms with Crippen LogP contribution in [0.2, 0.25) is 15.1 Å². The van der Waals surface area contributed by atoms with Gasteiger partial charge in [0.15, 0.2) is 0 Å². The minimum absolute atomic E-state index is 0.0583. The number of H-pyrrole nitrogens is 1. The molecule has 3 aromatic rings. The Morgan fingerprint density at radius 2 is 1.73 bits per heavy atom. The molecule has 1 N–H and O–H groups in total. The maximum absolute atomic E-state index is 12.6. The largest absolute Gasteiger partial charge is 0.329 e. The Morgan fingerprint density at radius 3 is 2.45 bits per heavy atom. The number of hydrogen-bond donors (Lipinski definition) is 1. The Bertz CT molecular complexity index is 992. The Kier molecular flexibility index (Phi) is 4.00. The number of aromatic nitrogens is 2. The SMILES string of the molecule is O=c1[nH]c2cc(Cl)cc(Cl)c2c(=O)n1Cc1ccccc1Cl. The van der Waals surface area contributed by atoms with Crippen LogP contribution in [-0.4, -0.2) is 9.55 Å². The fourth-order valence-corrected chi connectivity index (χ4v) is 3.01. The molecule has 0 unspecified atom stereocenters. The number of nitrogens with one attached hydrogen (secondary N) is 1. The first-order chi connectivity index (χ1) is 10.5. The van der Waals surface area contributed by atoms with Crippen molar-refractivity contribution >= 4 is 45.7 Å². The van der Waals surface area contributed by atoms with Gasteiger partial charge in [0, 0.05) is 10.0 Å². The Labute approximate surface area is 139 Å². The Morgan fingerprint density at radius 1 is 1.00 bits per heavy atom. The summed E-state index contributed by atoms with van der Waals surface area (Å²) in [6.07, 6.45) is 0. The van der Waals surface area contributed by atoms with Gasteiger partial charge in [0.2, 0.25) is 0 Å². The van der Waals surface area contributed by atoms with Crippen molar-refractivity contribution in [3.8, 4) is 0 Å². The number of halogens is 3. The number of aromatic amines is 1. The zero-order chi connectivity index (χ0) is 15.9. The van der Waals surface area contributed by atoms with E-state index in [1.54, 1.807) is 24.3 Å². The molecule has 0 saturated carbocycles. The second kappa shape index (κ2) is 5.80. The molecule has 0 aliphatic rings. The third-order valence-electron chi connectivity index (χ3n) is 3.29. The third kappa shape index (κ3) is 2.65. The molecule has 1 aromatic heterocycles. The fraction of sp³-hybridized carbons (Fsp3) is 0.0667. The summed E-state index contributed by atoms with van der Waals surface area (Å²) in [5.74, 6) is 0. The topological polar surface area (TPSA) is 54.9 Å². The number of nitrogens with zero attached hydrogens (tertiary/aromatic N) is 1. The molecule has 0 aliphatic heterocycles. The van der Waals surface area contributed by atoms with E-state index in [-0.39, 0.29) is 17.0 Å². The summed E-state index contributed by atoms with van der Waals surface area (Å²) in [6.45, 7) is 0.0583. The lowest BCUT2D eigenvalue weighted by Gasteiger charge is -2.09. The van der Waals surface area contributed by atoms with E-state index < -0.39 is 11.2 Å². The molecular formula is C15H9Cl3N2O2. The van der Waals surface area contributed by atoms with Gasteiger partial charge in [-0.15, -0.1) is 0 Å². The van der Waals surface area contributed by atoms with Crippen molar-refractivity contribution in [2.45, 2.75) is 6.54 Å². The highest BCUT2D eigenvalue weighted by molar-refractivity contribution is 6.38. The van der Waals surface area contributed by atoms with Gasteiger partial charge in [0.05, 0.1) is 22.5 Å². The molecule has 1 heterocycles. The highest BCUT2D eigenvalue weighted by atomic mass is 35.5. The van der Waals surface area contributed by atoms with Crippen LogP contribution in [0.5, 0.6) is 0 Å². The average molecular weight is 356 g/mol. The molecule has 0 bridgehead atoms. The molecular weight excluding hydrogens is 347 g/mol. The molecule has 4 nitrogen and oxygen atoms in total. The summed E-state index contributed by atoms with van der Waals surface area (Å²) < 4.78 is 1.06. The van der Waals surface area contributed by atoms with Gasteiger partial charge in [0.1, 0.15) is 0 Å². The van der Waals surface area contributed by atoms with Gasteiger partial charge in [0.25, 0.3) is 5.56 Å². The summed E-state index contributed by atoms with van der Waals surface area (Å²) in [4.78, 5) is 27.4. The van der Waals surface area contributed by atoms with E-state index in [2.05, 4.69) is 4.98 Å². The van der Waals surface area contributed by atoms with Crippen molar-refractivity contribution in [1.82, 2.24) is 9.55 Å². The van der Waals surface area contributed by atoms with Crippen molar-refractivity contribution in [2.75, 3.05) is 0 Å². The molecule has 0 aliphatic carbocycles. The summed E-state index contributed by atoms with van der Waals surface area (Å²) >= 11 is 18.0. The van der Waals surface area contributed by atoms with Crippen LogP contribution in [-0.2, 0) is 6.54 Å². The predicted octanol–water partition coefficient (Wildman–Crippen LogP) is 3.70. The van der Waals surface area contributed by atoms with Gasteiger partial charge in [-0.05, 0) is 23.8 Å². The highest BCUT2D eigenvalue weighted by Crippen LogP contribution is 2.23. The number of fused-ring (bicyclic) bond motifs is 1. The van der Waals surface area contributed by atoms with Gasteiger partial charge in [-0.2, -0.15) is 0 Å². The normalized spacial score (nSPS) is 11.0. The zero-order valence-electron chi connectivity index (χ0n) is 11.1. The van der Waals surface area contributed by atoms with E-state index >= 15 is 0 Å². The highest BCUT2D eigenvalue weighted by Gasteiger charge is 2.13. The summed E-state index contributed by atoms with van der Waals surface area (Å²) in [6, 6.07) is 9.97. The number of benzene rings is 2. The fourth-order valence-electron chi connectivity index (χ4n) is 2.24. The van der Waals surface area contributed by atoms with Crippen LogP contribution in [0, 0.1) is 0 Å². The minimum Gasteiger partial charge on any atom is -0.307 e. The first kappa shape index (κ1) is 15.2. The molecule has 0 spiro atoms. The molecule has 0 radical (unpaired) electrons. The van der Waals surface area contributed by atoms with Crippen molar-refractivity contribution < 1.29 is 0 Å². The number of hydrogen-bond acceptors (Lipinski definition) is 2. The maximum Gasteiger partial charge on any atom is 0.329 e. The first-order valence-electron chi connectivity index (χ1n) is 6.32. The Hall–Kier alpha value is -1.75. The van der Waals surface area contributed by atoms with Gasteiger partial charge in [-0.1, -0.05) is 53.0 Å². The van der Waals surface area contributed by atoms with Crippen molar-refractivity contribution in [3.05, 3.63) is 77.9 Å². The average Bonchev–Trinajstić information content (AvgIpc) is 2.44. The van der Waals surface area contributed by atoms with Crippen LogP contribution in [0.25, 0.3) is 10.9 Å². The lowest BCUT2D eigenvalue weighted by Crippen LogP contribution is -2.35. The summed E-state index contributed by atoms with van der Waals surface area (Å²) in [5, 5.41) is 1.24. The van der Waals surface area contributed by atoms with E-state index in [1.807, 2.05) is 0 Å². The standard InChI is InChI=1S/C15H9Cl3N2O2/c16-9-5-11(18)13-12(6-9)19-15(22)20(14(13)21)7-8-3-1-2-4-10(8)17/h1-6H,7H2,(H,19,22). The van der Waals surface area contributed by atoms with E-state index in [4.69, 9.17) is 34.8 Å². The van der Waals surface area contributed by atoms with Crippen LogP contribution in [0.15, 0.2) is 46.0 Å². The lowest BCUT2D eigenvalue weighted by atomic mass is 10.2. The molecule has 7 heteroatoms. The summed E-state index contributed by atoms with van der Waals surface area (Å²) in [5.41, 5.74) is -0.0554. The van der Waals surface area contributed by atoms with E-state index in [9.17, 15) is 9.59 Å². The number of rotatable bonds is 2. The second-order valence-electron chi connectivity index (χ2n) is 4.72. The molecule has 0 amide bonds.